The Morgan fingerprint density at radius 3 is 2.51 bits per heavy atom. The van der Waals surface area contributed by atoms with Gasteiger partial charge in [-0.25, -0.2) is 23.1 Å². The predicted octanol–water partition coefficient (Wildman–Crippen LogP) is 5.76. The smallest absolute Gasteiger partial charge is 0.318 e. The fourth-order valence-electron chi connectivity index (χ4n) is 5.80. The van der Waals surface area contributed by atoms with Crippen LogP contribution < -0.4 is 9.64 Å². The van der Waals surface area contributed by atoms with E-state index in [9.17, 15) is 13.6 Å². The van der Waals surface area contributed by atoms with E-state index in [1.807, 2.05) is 17.9 Å². The number of anilines is 1. The number of amides is 1. The molecule has 12 heteroatoms. The maximum atomic E-state index is 16.3. The molecular formula is C33H30F3N7O2. The Bertz CT molecular complexity index is 1970. The molecule has 0 radical (unpaired) electrons. The Labute approximate surface area is 257 Å². The van der Waals surface area contributed by atoms with Gasteiger partial charge in [0.05, 0.1) is 18.2 Å². The third kappa shape index (κ3) is 5.63. The zero-order valence-corrected chi connectivity index (χ0v) is 25.2. The van der Waals surface area contributed by atoms with E-state index < -0.39 is 17.6 Å². The number of hydrogen-bond donors (Lipinski definition) is 0. The van der Waals surface area contributed by atoms with E-state index >= 15 is 4.39 Å². The topological polar surface area (TPSA) is 97.2 Å². The highest BCUT2D eigenvalue weighted by molar-refractivity contribution is 6.01. The second kappa shape index (κ2) is 12.1. The number of ether oxygens (including phenoxy) is 1. The van der Waals surface area contributed by atoms with Crippen LogP contribution in [-0.2, 0) is 11.2 Å². The van der Waals surface area contributed by atoms with Gasteiger partial charge in [0.15, 0.2) is 11.6 Å². The van der Waals surface area contributed by atoms with Crippen LogP contribution in [0.4, 0.5) is 19.0 Å². The van der Waals surface area contributed by atoms with Crippen molar-refractivity contribution >= 4 is 39.5 Å². The lowest BCUT2D eigenvalue weighted by Gasteiger charge is -2.35. The zero-order valence-electron chi connectivity index (χ0n) is 25.2. The van der Waals surface area contributed by atoms with Gasteiger partial charge in [-0.05, 0) is 48.7 Å². The standard InChI is InChI=1S/C33H30F3N7O2/c1-5-22-25(34)10-9-20-7-6-8-23(27(20)22)29-28(36)30-24(17-37-29)31(41-33(40-30)45-4)42-11-13-43(14-12-42)32(44)26(35)16-21-15-18(2)38-19(3)39-21/h6-10,15-17H,5,11-14H2,1-4H3/b26-16-. The molecule has 0 spiro atoms. The van der Waals surface area contributed by atoms with Gasteiger partial charge in [-0.2, -0.15) is 9.97 Å². The Balaban J connectivity index is 1.31. The molecule has 6 rings (SSSR count). The number of rotatable bonds is 6. The van der Waals surface area contributed by atoms with Gasteiger partial charge in [0, 0.05) is 49.7 Å². The molecule has 5 aromatic rings. The first-order chi connectivity index (χ1) is 21.7. The molecule has 1 fully saturated rings. The van der Waals surface area contributed by atoms with Crippen LogP contribution in [0.15, 0.2) is 48.4 Å². The lowest BCUT2D eigenvalue weighted by Crippen LogP contribution is -2.49. The maximum absolute atomic E-state index is 16.3. The molecule has 1 saturated heterocycles. The third-order valence-corrected chi connectivity index (χ3v) is 7.86. The normalized spacial score (nSPS) is 14.0. The maximum Gasteiger partial charge on any atom is 0.318 e. The molecule has 1 aliphatic rings. The van der Waals surface area contributed by atoms with E-state index in [4.69, 9.17) is 4.74 Å². The minimum absolute atomic E-state index is 0.00349. The minimum atomic E-state index is -0.923. The summed E-state index contributed by atoms with van der Waals surface area (Å²) in [4.78, 5) is 37.8. The van der Waals surface area contributed by atoms with Gasteiger partial charge in [-0.15, -0.1) is 0 Å². The molecule has 0 unspecified atom stereocenters. The highest BCUT2D eigenvalue weighted by atomic mass is 19.1. The van der Waals surface area contributed by atoms with Crippen molar-refractivity contribution in [2.75, 3.05) is 38.2 Å². The largest absolute Gasteiger partial charge is 0.467 e. The molecule has 9 nitrogen and oxygen atoms in total. The highest BCUT2D eigenvalue weighted by Gasteiger charge is 2.28. The number of benzene rings is 2. The quantitative estimate of drug-likeness (QED) is 0.223. The number of methoxy groups -OCH3 is 1. The number of halogens is 3. The van der Waals surface area contributed by atoms with Crippen molar-refractivity contribution in [3.05, 3.63) is 82.8 Å². The fraction of sp³-hybridized carbons (Fsp3) is 0.273. The van der Waals surface area contributed by atoms with E-state index in [0.717, 1.165) is 11.5 Å². The summed E-state index contributed by atoms with van der Waals surface area (Å²) in [5.41, 5.74) is 1.95. The molecule has 1 aliphatic heterocycles. The SMILES string of the molecule is CCc1c(F)ccc2cccc(-c3ncc4c(N5CCN(C(=O)/C(F)=C/c6cc(C)nc(C)n6)CC5)nc(OC)nc4c3F)c12. The van der Waals surface area contributed by atoms with Crippen LogP contribution in [0.2, 0.25) is 0 Å². The Morgan fingerprint density at radius 1 is 1.02 bits per heavy atom. The van der Waals surface area contributed by atoms with Gasteiger partial charge in [0.1, 0.15) is 28.7 Å². The van der Waals surface area contributed by atoms with Crippen molar-refractivity contribution in [1.29, 1.82) is 0 Å². The molecule has 0 atom stereocenters. The van der Waals surface area contributed by atoms with Crippen LogP contribution >= 0.6 is 0 Å². The van der Waals surface area contributed by atoms with E-state index in [1.54, 1.807) is 38.1 Å². The average molecular weight is 614 g/mol. The summed E-state index contributed by atoms with van der Waals surface area (Å²) in [5, 5.41) is 1.72. The van der Waals surface area contributed by atoms with Gasteiger partial charge in [0.2, 0.25) is 0 Å². The number of hydrogen-bond acceptors (Lipinski definition) is 8. The molecule has 2 aromatic carbocycles. The summed E-state index contributed by atoms with van der Waals surface area (Å²) < 4.78 is 51.4. The summed E-state index contributed by atoms with van der Waals surface area (Å²) >= 11 is 0. The average Bonchev–Trinajstić information content (AvgIpc) is 3.03. The zero-order chi connectivity index (χ0) is 31.8. The molecular weight excluding hydrogens is 583 g/mol. The number of carbonyl (C=O) groups excluding carboxylic acids is 1. The third-order valence-electron chi connectivity index (χ3n) is 7.86. The van der Waals surface area contributed by atoms with Crippen LogP contribution in [0.5, 0.6) is 6.01 Å². The summed E-state index contributed by atoms with van der Waals surface area (Å²) in [6.45, 7) is 6.31. The van der Waals surface area contributed by atoms with E-state index in [1.165, 1.54) is 24.3 Å². The summed E-state index contributed by atoms with van der Waals surface area (Å²) in [7, 11) is 1.39. The molecule has 0 saturated carbocycles. The molecule has 0 N–H and O–H groups in total. The van der Waals surface area contributed by atoms with Crippen LogP contribution in [0.25, 0.3) is 39.0 Å². The van der Waals surface area contributed by atoms with Crippen molar-refractivity contribution in [3.63, 3.8) is 0 Å². The van der Waals surface area contributed by atoms with Gasteiger partial charge in [0.25, 0.3) is 5.91 Å². The van der Waals surface area contributed by atoms with Crippen molar-refractivity contribution in [2.24, 2.45) is 0 Å². The molecule has 3 aromatic heterocycles. The first kappa shape index (κ1) is 29.9. The van der Waals surface area contributed by atoms with Crippen molar-refractivity contribution in [2.45, 2.75) is 27.2 Å². The molecule has 0 aliphatic carbocycles. The Morgan fingerprint density at radius 2 is 1.80 bits per heavy atom. The number of carbonyl (C=O) groups is 1. The molecule has 45 heavy (non-hydrogen) atoms. The van der Waals surface area contributed by atoms with Crippen molar-refractivity contribution in [3.8, 4) is 17.3 Å². The molecule has 1 amide bonds. The fourth-order valence-corrected chi connectivity index (χ4v) is 5.80. The number of nitrogens with zero attached hydrogens (tertiary/aromatic N) is 7. The minimum Gasteiger partial charge on any atom is -0.467 e. The van der Waals surface area contributed by atoms with E-state index in [-0.39, 0.29) is 36.1 Å². The summed E-state index contributed by atoms with van der Waals surface area (Å²) in [6, 6.07) is 9.98. The second-order valence-corrected chi connectivity index (χ2v) is 10.8. The first-order valence-electron chi connectivity index (χ1n) is 14.5. The summed E-state index contributed by atoms with van der Waals surface area (Å²) in [5.74, 6) is -1.86. The molecule has 230 valence electrons. The highest BCUT2D eigenvalue weighted by Crippen LogP contribution is 2.37. The molecule has 4 heterocycles. The van der Waals surface area contributed by atoms with Crippen LogP contribution in [-0.4, -0.2) is 69.0 Å². The van der Waals surface area contributed by atoms with Gasteiger partial charge in [-0.3, -0.25) is 9.78 Å². The van der Waals surface area contributed by atoms with Gasteiger partial charge in [-0.1, -0.05) is 31.2 Å². The number of pyridine rings is 1. The Hall–Kier alpha value is -5.13. The second-order valence-electron chi connectivity index (χ2n) is 10.8. The lowest BCUT2D eigenvalue weighted by molar-refractivity contribution is -0.128. The van der Waals surface area contributed by atoms with E-state index in [0.29, 0.717) is 64.4 Å². The predicted molar refractivity (Wildman–Crippen MR) is 166 cm³/mol. The number of aromatic nitrogens is 5. The first-order valence-corrected chi connectivity index (χ1v) is 14.5. The van der Waals surface area contributed by atoms with Gasteiger partial charge < -0.3 is 14.5 Å². The number of aryl methyl sites for hydroxylation is 3. The van der Waals surface area contributed by atoms with E-state index in [2.05, 4.69) is 24.9 Å². The van der Waals surface area contributed by atoms with Crippen LogP contribution in [0.3, 0.4) is 0 Å². The number of piperazine rings is 1. The number of fused-ring (bicyclic) bond motifs is 2. The lowest BCUT2D eigenvalue weighted by atomic mass is 9.95. The molecule has 0 bridgehead atoms. The van der Waals surface area contributed by atoms with Crippen molar-refractivity contribution in [1.82, 2.24) is 29.8 Å². The summed E-state index contributed by atoms with van der Waals surface area (Å²) in [6.07, 6.45) is 3.03. The monoisotopic (exact) mass is 613 g/mol. The van der Waals surface area contributed by atoms with Crippen molar-refractivity contribution < 1.29 is 22.7 Å². The van der Waals surface area contributed by atoms with Gasteiger partial charge >= 0.3 is 6.01 Å². The van der Waals surface area contributed by atoms with Crippen LogP contribution in [0.1, 0.15) is 29.7 Å². The Kier molecular flexibility index (Phi) is 8.05. The van der Waals surface area contributed by atoms with Crippen LogP contribution in [0, 0.1) is 25.5 Å².